The van der Waals surface area contributed by atoms with Gasteiger partial charge in [-0.25, -0.2) is 0 Å². The third kappa shape index (κ3) is 4.19. The first kappa shape index (κ1) is 13.9. The molecule has 19 heavy (non-hydrogen) atoms. The van der Waals surface area contributed by atoms with Gasteiger partial charge < -0.3 is 10.1 Å². The number of hydrogen-bond donors (Lipinski definition) is 1. The van der Waals surface area contributed by atoms with E-state index in [-0.39, 0.29) is 0 Å². The summed E-state index contributed by atoms with van der Waals surface area (Å²) in [4.78, 5) is 0. The minimum absolute atomic E-state index is 0.503. The fourth-order valence-electron chi connectivity index (χ4n) is 4.46. The van der Waals surface area contributed by atoms with E-state index in [0.29, 0.717) is 12.2 Å². The molecule has 0 amide bonds. The van der Waals surface area contributed by atoms with Crippen LogP contribution in [-0.2, 0) is 4.74 Å². The Labute approximate surface area is 118 Å². The van der Waals surface area contributed by atoms with Crippen LogP contribution in [0.15, 0.2) is 0 Å². The van der Waals surface area contributed by atoms with Gasteiger partial charge in [-0.05, 0) is 24.7 Å². The van der Waals surface area contributed by atoms with E-state index in [9.17, 15) is 0 Å². The molecule has 3 fully saturated rings. The van der Waals surface area contributed by atoms with Gasteiger partial charge in [0.1, 0.15) is 0 Å². The van der Waals surface area contributed by atoms with Crippen molar-refractivity contribution in [2.45, 2.75) is 82.8 Å². The predicted molar refractivity (Wildman–Crippen MR) is 79.3 cm³/mol. The molecule has 0 aromatic rings. The molecule has 110 valence electrons. The Hall–Kier alpha value is -0.0800. The quantitative estimate of drug-likeness (QED) is 0.832. The van der Waals surface area contributed by atoms with Gasteiger partial charge in [-0.1, -0.05) is 57.8 Å². The Morgan fingerprint density at radius 2 is 1.16 bits per heavy atom. The lowest BCUT2D eigenvalue weighted by Gasteiger charge is -2.35. The SMILES string of the molecule is C1CCC(CC2CNCC(CC3CCCC3)O2)CC1. The Morgan fingerprint density at radius 3 is 1.68 bits per heavy atom. The van der Waals surface area contributed by atoms with Gasteiger partial charge in [0, 0.05) is 13.1 Å². The molecule has 2 saturated carbocycles. The highest BCUT2D eigenvalue weighted by Gasteiger charge is 2.28. The van der Waals surface area contributed by atoms with E-state index < -0.39 is 0 Å². The molecule has 2 unspecified atom stereocenters. The Balaban J connectivity index is 1.41. The second-order valence-corrected chi connectivity index (χ2v) is 7.16. The second kappa shape index (κ2) is 7.08. The van der Waals surface area contributed by atoms with E-state index >= 15 is 0 Å². The van der Waals surface area contributed by atoms with Gasteiger partial charge in [0.2, 0.25) is 0 Å². The van der Waals surface area contributed by atoms with Gasteiger partial charge in [0.05, 0.1) is 12.2 Å². The number of ether oxygens (including phenoxy) is 1. The van der Waals surface area contributed by atoms with E-state index in [1.165, 1.54) is 70.6 Å². The summed E-state index contributed by atoms with van der Waals surface area (Å²) in [5.41, 5.74) is 0. The molecule has 0 aromatic heterocycles. The van der Waals surface area contributed by atoms with Crippen LogP contribution in [0.25, 0.3) is 0 Å². The van der Waals surface area contributed by atoms with Crippen LogP contribution in [0.3, 0.4) is 0 Å². The average Bonchev–Trinajstić information content (AvgIpc) is 2.93. The van der Waals surface area contributed by atoms with Crippen molar-refractivity contribution in [1.82, 2.24) is 5.32 Å². The summed E-state index contributed by atoms with van der Waals surface area (Å²) < 4.78 is 6.39. The molecule has 2 atom stereocenters. The van der Waals surface area contributed by atoms with Crippen LogP contribution in [0.2, 0.25) is 0 Å². The molecule has 0 spiro atoms. The highest BCUT2D eigenvalue weighted by molar-refractivity contribution is 4.81. The highest BCUT2D eigenvalue weighted by Crippen LogP contribution is 2.32. The van der Waals surface area contributed by atoms with Crippen molar-refractivity contribution in [3.8, 4) is 0 Å². The molecule has 2 heteroatoms. The maximum absolute atomic E-state index is 6.39. The van der Waals surface area contributed by atoms with Crippen molar-refractivity contribution < 1.29 is 4.74 Å². The Bertz CT molecular complexity index is 256. The molecule has 3 aliphatic rings. The molecule has 0 aromatic carbocycles. The molecule has 1 heterocycles. The molecule has 1 N–H and O–H groups in total. The van der Waals surface area contributed by atoms with Crippen molar-refractivity contribution >= 4 is 0 Å². The van der Waals surface area contributed by atoms with E-state index in [1.807, 2.05) is 0 Å². The normalized spacial score (nSPS) is 34.7. The largest absolute Gasteiger partial charge is 0.372 e. The number of rotatable bonds is 4. The zero-order chi connectivity index (χ0) is 12.9. The van der Waals surface area contributed by atoms with Crippen molar-refractivity contribution in [2.75, 3.05) is 13.1 Å². The monoisotopic (exact) mass is 265 g/mol. The van der Waals surface area contributed by atoms with Crippen LogP contribution in [-0.4, -0.2) is 25.3 Å². The van der Waals surface area contributed by atoms with Crippen LogP contribution < -0.4 is 5.32 Å². The third-order valence-corrected chi connectivity index (χ3v) is 5.52. The summed E-state index contributed by atoms with van der Waals surface area (Å²) in [6, 6.07) is 0. The first-order valence-corrected chi connectivity index (χ1v) is 8.76. The smallest absolute Gasteiger partial charge is 0.0706 e. The van der Waals surface area contributed by atoms with Crippen molar-refractivity contribution in [3.63, 3.8) is 0 Å². The molecule has 0 bridgehead atoms. The minimum Gasteiger partial charge on any atom is -0.372 e. The molecular formula is C17H31NO. The number of morpholine rings is 1. The maximum Gasteiger partial charge on any atom is 0.0706 e. The van der Waals surface area contributed by atoms with Crippen LogP contribution in [0, 0.1) is 11.8 Å². The van der Waals surface area contributed by atoms with Crippen molar-refractivity contribution in [2.24, 2.45) is 11.8 Å². The molecular weight excluding hydrogens is 234 g/mol. The average molecular weight is 265 g/mol. The van der Waals surface area contributed by atoms with E-state index in [0.717, 1.165) is 24.9 Å². The molecule has 2 nitrogen and oxygen atoms in total. The van der Waals surface area contributed by atoms with Gasteiger partial charge >= 0.3 is 0 Å². The number of nitrogens with one attached hydrogen (secondary N) is 1. The van der Waals surface area contributed by atoms with Crippen molar-refractivity contribution in [1.29, 1.82) is 0 Å². The standard InChI is InChI=1S/C17H31NO/c1-2-6-14(7-3-1)10-16-12-18-13-17(19-16)11-15-8-4-5-9-15/h14-18H,1-13H2. The van der Waals surface area contributed by atoms with Gasteiger partial charge in [-0.3, -0.25) is 0 Å². The van der Waals surface area contributed by atoms with E-state index in [2.05, 4.69) is 5.32 Å². The summed E-state index contributed by atoms with van der Waals surface area (Å²) in [6.07, 6.45) is 16.7. The topological polar surface area (TPSA) is 21.3 Å². The first-order valence-electron chi connectivity index (χ1n) is 8.76. The van der Waals surface area contributed by atoms with Gasteiger partial charge in [0.25, 0.3) is 0 Å². The first-order chi connectivity index (χ1) is 9.40. The summed E-state index contributed by atoms with van der Waals surface area (Å²) >= 11 is 0. The maximum atomic E-state index is 6.39. The van der Waals surface area contributed by atoms with E-state index in [4.69, 9.17) is 4.74 Å². The molecule has 3 rings (SSSR count). The summed E-state index contributed by atoms with van der Waals surface area (Å²) in [5.74, 6) is 1.91. The van der Waals surface area contributed by atoms with Gasteiger partial charge in [0.15, 0.2) is 0 Å². The lowest BCUT2D eigenvalue weighted by atomic mass is 9.85. The number of hydrogen-bond acceptors (Lipinski definition) is 2. The zero-order valence-electron chi connectivity index (χ0n) is 12.4. The molecule has 1 aliphatic heterocycles. The molecule has 2 aliphatic carbocycles. The van der Waals surface area contributed by atoms with Gasteiger partial charge in [-0.2, -0.15) is 0 Å². The Morgan fingerprint density at radius 1 is 0.684 bits per heavy atom. The van der Waals surface area contributed by atoms with Crippen LogP contribution in [0.1, 0.15) is 70.6 Å². The summed E-state index contributed by atoms with van der Waals surface area (Å²) in [6.45, 7) is 2.19. The van der Waals surface area contributed by atoms with Crippen molar-refractivity contribution in [3.05, 3.63) is 0 Å². The highest BCUT2D eigenvalue weighted by atomic mass is 16.5. The zero-order valence-corrected chi connectivity index (χ0v) is 12.4. The van der Waals surface area contributed by atoms with Crippen LogP contribution in [0.4, 0.5) is 0 Å². The Kier molecular flexibility index (Phi) is 5.17. The van der Waals surface area contributed by atoms with E-state index in [1.54, 1.807) is 0 Å². The lowest BCUT2D eigenvalue weighted by molar-refractivity contribution is -0.0584. The fraction of sp³-hybridized carbons (Fsp3) is 1.00. The lowest BCUT2D eigenvalue weighted by Crippen LogP contribution is -2.46. The van der Waals surface area contributed by atoms with Gasteiger partial charge in [-0.15, -0.1) is 0 Å². The second-order valence-electron chi connectivity index (χ2n) is 7.16. The summed E-state index contributed by atoms with van der Waals surface area (Å²) in [7, 11) is 0. The molecule has 0 radical (unpaired) electrons. The third-order valence-electron chi connectivity index (χ3n) is 5.52. The fourth-order valence-corrected chi connectivity index (χ4v) is 4.46. The van der Waals surface area contributed by atoms with Crippen LogP contribution >= 0.6 is 0 Å². The van der Waals surface area contributed by atoms with Crippen LogP contribution in [0.5, 0.6) is 0 Å². The summed E-state index contributed by atoms with van der Waals surface area (Å²) in [5, 5.41) is 3.62. The predicted octanol–water partition coefficient (Wildman–Crippen LogP) is 3.89. The minimum atomic E-state index is 0.503. The molecule has 1 saturated heterocycles.